The van der Waals surface area contributed by atoms with Gasteiger partial charge in [-0.05, 0) is 24.3 Å². The van der Waals surface area contributed by atoms with Crippen LogP contribution >= 0.6 is 15.9 Å². The number of benzene rings is 2. The average molecular weight is 443 g/mol. The Labute approximate surface area is 158 Å². The van der Waals surface area contributed by atoms with E-state index in [1.807, 2.05) is 0 Å². The highest BCUT2D eigenvalue weighted by molar-refractivity contribution is 9.10. The number of hydrogen-bond acceptors (Lipinski definition) is 6. The lowest BCUT2D eigenvalue weighted by Gasteiger charge is -2.26. The first-order valence-electron chi connectivity index (χ1n) is 7.68. The van der Waals surface area contributed by atoms with Gasteiger partial charge in [-0.2, -0.15) is 4.31 Å². The molecule has 1 aliphatic heterocycles. The predicted molar refractivity (Wildman–Crippen MR) is 96.9 cm³/mol. The maximum atomic E-state index is 13.0. The van der Waals surface area contributed by atoms with Crippen LogP contribution in [0.25, 0.3) is 0 Å². The van der Waals surface area contributed by atoms with Crippen molar-refractivity contribution >= 4 is 31.6 Å². The molecule has 1 heterocycles. The molecular formula is C16H15BrN2O6S. The van der Waals surface area contributed by atoms with Crippen molar-refractivity contribution in [3.63, 3.8) is 0 Å². The Kier molecular flexibility index (Phi) is 5.56. The smallest absolute Gasteiger partial charge is 0.271 e. The van der Waals surface area contributed by atoms with Crippen LogP contribution in [-0.2, 0) is 14.8 Å². The second-order valence-corrected chi connectivity index (χ2v) is 8.29. The molecule has 0 atom stereocenters. The Bertz CT molecular complexity index is 928. The van der Waals surface area contributed by atoms with Gasteiger partial charge in [0.05, 0.1) is 18.1 Å². The molecule has 0 saturated carbocycles. The summed E-state index contributed by atoms with van der Waals surface area (Å²) < 4.78 is 38.9. The molecule has 3 rings (SSSR count). The van der Waals surface area contributed by atoms with Crippen LogP contribution in [0, 0.1) is 10.1 Å². The molecule has 1 aliphatic rings. The van der Waals surface area contributed by atoms with E-state index in [0.29, 0.717) is 5.75 Å². The number of hydrogen-bond donors (Lipinski definition) is 0. The predicted octanol–water partition coefficient (Wildman–Crippen LogP) is 3.17. The number of ether oxygens (including phenoxy) is 2. The monoisotopic (exact) mass is 442 g/mol. The van der Waals surface area contributed by atoms with E-state index >= 15 is 0 Å². The highest BCUT2D eigenvalue weighted by atomic mass is 79.9. The van der Waals surface area contributed by atoms with Gasteiger partial charge in [0.15, 0.2) is 0 Å². The van der Waals surface area contributed by atoms with Crippen LogP contribution in [0.15, 0.2) is 51.8 Å². The highest BCUT2D eigenvalue weighted by Gasteiger charge is 2.31. The molecule has 8 nitrogen and oxygen atoms in total. The molecule has 2 aromatic carbocycles. The lowest BCUT2D eigenvalue weighted by atomic mass is 10.3. The summed E-state index contributed by atoms with van der Waals surface area (Å²) >= 11 is 3.32. The summed E-state index contributed by atoms with van der Waals surface area (Å²) in [6, 6.07) is 10.4. The standard InChI is InChI=1S/C16H15BrN2O6S/c17-12-2-1-3-14(10-12)25-15-5-4-13(19(20)21)11-16(15)26(22,23)18-6-8-24-9-7-18/h1-5,10-11H,6-9H2. The summed E-state index contributed by atoms with van der Waals surface area (Å²) in [5.41, 5.74) is -0.321. The van der Waals surface area contributed by atoms with E-state index in [0.717, 1.165) is 10.5 Å². The van der Waals surface area contributed by atoms with Crippen LogP contribution in [0.4, 0.5) is 5.69 Å². The molecule has 1 saturated heterocycles. The summed E-state index contributed by atoms with van der Waals surface area (Å²) in [5, 5.41) is 11.1. The largest absolute Gasteiger partial charge is 0.456 e. The Morgan fingerprint density at radius 2 is 1.88 bits per heavy atom. The molecule has 0 unspecified atom stereocenters. The first kappa shape index (κ1) is 18.8. The zero-order chi connectivity index (χ0) is 18.7. The average Bonchev–Trinajstić information content (AvgIpc) is 2.62. The number of non-ortho nitro benzene ring substituents is 1. The molecule has 1 fully saturated rings. The first-order valence-corrected chi connectivity index (χ1v) is 9.91. The molecule has 0 radical (unpaired) electrons. The number of rotatable bonds is 5. The van der Waals surface area contributed by atoms with Crippen molar-refractivity contribution in [3.05, 3.63) is 57.1 Å². The van der Waals surface area contributed by atoms with Gasteiger partial charge >= 0.3 is 0 Å². The van der Waals surface area contributed by atoms with Gasteiger partial charge < -0.3 is 9.47 Å². The number of nitrogens with zero attached hydrogens (tertiary/aromatic N) is 2. The van der Waals surface area contributed by atoms with Crippen LogP contribution in [0.2, 0.25) is 0 Å². The molecule has 0 spiro atoms. The van der Waals surface area contributed by atoms with E-state index in [1.54, 1.807) is 24.3 Å². The molecule has 10 heteroatoms. The molecule has 0 aromatic heterocycles. The molecule has 26 heavy (non-hydrogen) atoms. The molecule has 0 amide bonds. The van der Waals surface area contributed by atoms with E-state index in [-0.39, 0.29) is 42.6 Å². The molecule has 0 bridgehead atoms. The van der Waals surface area contributed by atoms with Crippen LogP contribution in [0.5, 0.6) is 11.5 Å². The lowest BCUT2D eigenvalue weighted by Crippen LogP contribution is -2.40. The van der Waals surface area contributed by atoms with Gasteiger partial charge in [0.2, 0.25) is 10.0 Å². The van der Waals surface area contributed by atoms with Crippen LogP contribution in [-0.4, -0.2) is 43.9 Å². The first-order chi connectivity index (χ1) is 12.4. The van der Waals surface area contributed by atoms with Crippen molar-refractivity contribution in [2.75, 3.05) is 26.3 Å². The quantitative estimate of drug-likeness (QED) is 0.520. The van der Waals surface area contributed by atoms with E-state index in [9.17, 15) is 18.5 Å². The Morgan fingerprint density at radius 3 is 2.54 bits per heavy atom. The fourth-order valence-corrected chi connectivity index (χ4v) is 4.40. The maximum Gasteiger partial charge on any atom is 0.271 e. The Balaban J connectivity index is 2.05. The molecule has 138 valence electrons. The summed E-state index contributed by atoms with van der Waals surface area (Å²) in [4.78, 5) is 10.2. The summed E-state index contributed by atoms with van der Waals surface area (Å²) in [7, 11) is -3.97. The van der Waals surface area contributed by atoms with Crippen molar-refractivity contribution in [1.82, 2.24) is 4.31 Å². The van der Waals surface area contributed by atoms with Crippen molar-refractivity contribution in [2.24, 2.45) is 0 Å². The van der Waals surface area contributed by atoms with E-state index in [4.69, 9.17) is 9.47 Å². The third-order valence-electron chi connectivity index (χ3n) is 3.75. The van der Waals surface area contributed by atoms with E-state index in [2.05, 4.69) is 15.9 Å². The molecule has 0 aliphatic carbocycles. The minimum Gasteiger partial charge on any atom is -0.456 e. The van der Waals surface area contributed by atoms with Crippen LogP contribution in [0.3, 0.4) is 0 Å². The number of sulfonamides is 1. The fraction of sp³-hybridized carbons (Fsp3) is 0.250. The van der Waals surface area contributed by atoms with Crippen LogP contribution in [0.1, 0.15) is 0 Å². The maximum absolute atomic E-state index is 13.0. The number of morpholine rings is 1. The second-order valence-electron chi connectivity index (χ2n) is 5.46. The van der Waals surface area contributed by atoms with E-state index in [1.165, 1.54) is 16.4 Å². The van der Waals surface area contributed by atoms with Crippen molar-refractivity contribution < 1.29 is 22.8 Å². The Morgan fingerprint density at radius 1 is 1.15 bits per heavy atom. The molecular weight excluding hydrogens is 428 g/mol. The third kappa shape index (κ3) is 4.04. The van der Waals surface area contributed by atoms with Crippen LogP contribution < -0.4 is 4.74 Å². The van der Waals surface area contributed by atoms with Crippen molar-refractivity contribution in [2.45, 2.75) is 4.90 Å². The van der Waals surface area contributed by atoms with Gasteiger partial charge in [0, 0.05) is 29.7 Å². The molecule has 2 aromatic rings. The minimum atomic E-state index is -3.97. The van der Waals surface area contributed by atoms with Gasteiger partial charge in [-0.3, -0.25) is 10.1 Å². The van der Waals surface area contributed by atoms with Gasteiger partial charge in [-0.25, -0.2) is 8.42 Å². The van der Waals surface area contributed by atoms with Gasteiger partial charge in [0.25, 0.3) is 5.69 Å². The summed E-state index contributed by atoms with van der Waals surface area (Å²) in [5.74, 6) is 0.437. The topological polar surface area (TPSA) is 99.0 Å². The summed E-state index contributed by atoms with van der Waals surface area (Å²) in [6.07, 6.45) is 0. The number of nitro benzene ring substituents is 1. The normalized spacial score (nSPS) is 15.6. The van der Waals surface area contributed by atoms with Gasteiger partial charge in [-0.1, -0.05) is 22.0 Å². The SMILES string of the molecule is O=[N+]([O-])c1ccc(Oc2cccc(Br)c2)c(S(=O)(=O)N2CCOCC2)c1. The number of halogens is 1. The van der Waals surface area contributed by atoms with Crippen molar-refractivity contribution in [1.29, 1.82) is 0 Å². The van der Waals surface area contributed by atoms with Crippen molar-refractivity contribution in [3.8, 4) is 11.5 Å². The van der Waals surface area contributed by atoms with Gasteiger partial charge in [-0.15, -0.1) is 0 Å². The van der Waals surface area contributed by atoms with E-state index < -0.39 is 14.9 Å². The van der Waals surface area contributed by atoms with Gasteiger partial charge in [0.1, 0.15) is 16.4 Å². The molecule has 0 N–H and O–H groups in total. The minimum absolute atomic E-state index is 0.0280. The second kappa shape index (κ2) is 7.70. The zero-order valence-corrected chi connectivity index (χ0v) is 15.9. The summed E-state index contributed by atoms with van der Waals surface area (Å²) in [6.45, 7) is 0.911. The third-order valence-corrected chi connectivity index (χ3v) is 6.16. The zero-order valence-electron chi connectivity index (χ0n) is 13.5. The number of nitro groups is 1. The fourth-order valence-electron chi connectivity index (χ4n) is 2.48. The Hall–Kier alpha value is -2.01. The lowest BCUT2D eigenvalue weighted by molar-refractivity contribution is -0.385. The highest BCUT2D eigenvalue weighted by Crippen LogP contribution is 2.34.